The molecule has 200 valence electrons. The Labute approximate surface area is 222 Å². The van der Waals surface area contributed by atoms with Crippen LogP contribution in [0.2, 0.25) is 0 Å². The van der Waals surface area contributed by atoms with E-state index in [1.54, 1.807) is 12.3 Å². The molecule has 0 spiro atoms. The summed E-state index contributed by atoms with van der Waals surface area (Å²) in [5, 5.41) is 5.67. The van der Waals surface area contributed by atoms with Gasteiger partial charge in [0.1, 0.15) is 12.4 Å². The summed E-state index contributed by atoms with van der Waals surface area (Å²) in [6, 6.07) is 11.8. The minimum absolute atomic E-state index is 0.0165. The van der Waals surface area contributed by atoms with E-state index in [1.807, 2.05) is 61.2 Å². The number of hydrazine groups is 1. The van der Waals surface area contributed by atoms with Gasteiger partial charge in [-0.2, -0.15) is 5.10 Å². The number of hydrogen-bond acceptors (Lipinski definition) is 8. The Morgan fingerprint density at radius 1 is 1.14 bits per heavy atom. The number of piperazine rings is 1. The van der Waals surface area contributed by atoms with Gasteiger partial charge in [0.15, 0.2) is 0 Å². The number of nitrogens with two attached hydrogens (primary N) is 1. The first-order valence-corrected chi connectivity index (χ1v) is 13.4. The average molecular weight is 527 g/mol. The maximum absolute atomic E-state index is 12.8. The molecule has 1 fully saturated rings. The summed E-state index contributed by atoms with van der Waals surface area (Å²) in [7, 11) is 2.64. The summed E-state index contributed by atoms with van der Waals surface area (Å²) >= 11 is 0. The number of amides is 1. The number of carbonyl (C=O) groups is 1. The smallest absolute Gasteiger partial charge is 0.246 e. The van der Waals surface area contributed by atoms with Crippen molar-refractivity contribution in [3.63, 3.8) is 0 Å². The van der Waals surface area contributed by atoms with Gasteiger partial charge in [-0.25, -0.2) is 11.0 Å². The van der Waals surface area contributed by atoms with E-state index in [0.717, 1.165) is 60.7 Å². The zero-order valence-electron chi connectivity index (χ0n) is 21.9. The monoisotopic (exact) mass is 526 g/mol. The summed E-state index contributed by atoms with van der Waals surface area (Å²) in [5.74, 6) is 6.75. The van der Waals surface area contributed by atoms with Crippen LogP contribution < -0.4 is 10.6 Å². The van der Waals surface area contributed by atoms with Gasteiger partial charge in [-0.15, -0.1) is 9.24 Å². The van der Waals surface area contributed by atoms with E-state index < -0.39 is 0 Å². The number of hydrazone groups is 1. The molecule has 37 heavy (non-hydrogen) atoms. The van der Waals surface area contributed by atoms with Gasteiger partial charge in [0.05, 0.1) is 31.6 Å². The Balaban J connectivity index is 1.44. The zero-order valence-corrected chi connectivity index (χ0v) is 23.0. The Bertz CT molecular complexity index is 1030. The number of hydrogen-bond donors (Lipinski definition) is 1. The summed E-state index contributed by atoms with van der Waals surface area (Å²) in [4.78, 5) is 21.6. The van der Waals surface area contributed by atoms with Crippen molar-refractivity contribution in [2.24, 2.45) is 10.9 Å². The quantitative estimate of drug-likeness (QED) is 0.107. The van der Waals surface area contributed by atoms with Crippen molar-refractivity contribution in [1.82, 2.24) is 19.9 Å². The van der Waals surface area contributed by atoms with E-state index in [9.17, 15) is 4.79 Å². The highest BCUT2D eigenvalue weighted by Crippen LogP contribution is 2.15. The van der Waals surface area contributed by atoms with Gasteiger partial charge >= 0.3 is 0 Å². The number of rotatable bonds is 13. The molecule has 1 aromatic heterocycles. The van der Waals surface area contributed by atoms with Crippen LogP contribution in [0, 0.1) is 0 Å². The first-order valence-electron chi connectivity index (χ1n) is 12.6. The van der Waals surface area contributed by atoms with Crippen LogP contribution in [0.4, 0.5) is 0 Å². The van der Waals surface area contributed by atoms with Gasteiger partial charge in [0, 0.05) is 44.5 Å². The maximum atomic E-state index is 12.8. The first-order chi connectivity index (χ1) is 17.9. The molecule has 9 nitrogen and oxygen atoms in total. The second kappa shape index (κ2) is 15.4. The fraction of sp³-hybridized carbons (Fsp3) is 0.444. The zero-order chi connectivity index (χ0) is 26.5. The third-order valence-electron chi connectivity index (χ3n) is 5.75. The fourth-order valence-electron chi connectivity index (χ4n) is 3.92. The molecular formula is C27H39N6O3P. The average Bonchev–Trinajstić information content (AvgIpc) is 2.89. The Morgan fingerprint density at radius 3 is 2.62 bits per heavy atom. The second-order valence-electron chi connectivity index (χ2n) is 9.01. The molecular weight excluding hydrogens is 487 g/mol. The van der Waals surface area contributed by atoms with Crippen molar-refractivity contribution >= 4 is 26.9 Å². The highest BCUT2D eigenvalue weighted by atomic mass is 31.0. The van der Waals surface area contributed by atoms with Crippen molar-refractivity contribution in [1.29, 1.82) is 0 Å². The van der Waals surface area contributed by atoms with E-state index in [4.69, 9.17) is 15.3 Å². The van der Waals surface area contributed by atoms with Crippen LogP contribution in [0.5, 0.6) is 5.75 Å². The van der Waals surface area contributed by atoms with E-state index in [1.165, 1.54) is 5.12 Å². The molecule has 1 aromatic carbocycles. The summed E-state index contributed by atoms with van der Waals surface area (Å²) in [5.41, 5.74) is 3.84. The minimum Gasteiger partial charge on any atom is -0.490 e. The topological polar surface area (TPSA) is 96.5 Å². The third-order valence-corrected chi connectivity index (χ3v) is 5.98. The number of carbonyl (C=O) groups excluding carboxylic acids is 1. The molecule has 1 atom stereocenters. The number of pyridine rings is 1. The molecule has 0 radical (unpaired) electrons. The number of ether oxygens (including phenoxy) is 2. The Morgan fingerprint density at radius 2 is 1.92 bits per heavy atom. The van der Waals surface area contributed by atoms with Crippen LogP contribution in [0.15, 0.2) is 53.8 Å². The second-order valence-corrected chi connectivity index (χ2v) is 9.59. The fourth-order valence-corrected chi connectivity index (χ4v) is 4.09. The molecule has 1 aliphatic heterocycles. The predicted octanol–water partition coefficient (Wildman–Crippen LogP) is 2.78. The first kappa shape index (κ1) is 28.7. The minimum atomic E-state index is 0.0165. The molecule has 1 amide bonds. The molecule has 10 heteroatoms. The van der Waals surface area contributed by atoms with Crippen LogP contribution in [-0.2, 0) is 22.6 Å². The van der Waals surface area contributed by atoms with E-state index in [2.05, 4.69) is 24.2 Å². The van der Waals surface area contributed by atoms with Crippen molar-refractivity contribution in [2.75, 3.05) is 52.2 Å². The van der Waals surface area contributed by atoms with Crippen molar-refractivity contribution in [3.8, 4) is 5.75 Å². The highest BCUT2D eigenvalue weighted by molar-refractivity contribution is 7.16. The number of benzene rings is 1. The lowest BCUT2D eigenvalue weighted by Gasteiger charge is -2.34. The molecule has 0 saturated carbocycles. The van der Waals surface area contributed by atoms with Crippen molar-refractivity contribution in [3.05, 3.63) is 65.5 Å². The van der Waals surface area contributed by atoms with Crippen molar-refractivity contribution in [2.45, 2.75) is 26.9 Å². The highest BCUT2D eigenvalue weighted by Gasteiger charge is 2.20. The molecule has 1 saturated heterocycles. The summed E-state index contributed by atoms with van der Waals surface area (Å²) < 4.78 is 11.1. The maximum Gasteiger partial charge on any atom is 0.246 e. The molecule has 2 heterocycles. The standard InChI is InChI=1S/C27H39N6O3P/c1-22(2)30-33(28)20-24-6-4-3-5-23(24)7-10-27(34)32-13-11-31(12-14-32)21-25-8-9-26(19-29-25)36-16-15-35-17-18-37/h3-10,19H,11-18,20-21,28,37H2,1-2H3/b10-7+. The van der Waals surface area contributed by atoms with Gasteiger partial charge in [-0.05, 0) is 49.3 Å². The Kier molecular flexibility index (Phi) is 12.0. The van der Waals surface area contributed by atoms with Gasteiger partial charge < -0.3 is 14.4 Å². The van der Waals surface area contributed by atoms with Gasteiger partial charge in [-0.3, -0.25) is 14.7 Å². The van der Waals surface area contributed by atoms with Gasteiger partial charge in [-0.1, -0.05) is 24.3 Å². The van der Waals surface area contributed by atoms with Gasteiger partial charge in [0.25, 0.3) is 0 Å². The molecule has 2 aromatic rings. The van der Waals surface area contributed by atoms with E-state index >= 15 is 0 Å². The number of aromatic nitrogens is 1. The normalized spacial score (nSPS) is 14.1. The van der Waals surface area contributed by atoms with E-state index in [0.29, 0.717) is 32.8 Å². The van der Waals surface area contributed by atoms with Crippen molar-refractivity contribution < 1.29 is 14.3 Å². The molecule has 0 bridgehead atoms. The number of nitrogens with zero attached hydrogens (tertiary/aromatic N) is 5. The SMILES string of the molecule is CC(C)=NN(N)Cc1ccccc1/C=C/C(=O)N1CCN(Cc2ccc(OCCOCCP)cn2)CC1. The molecule has 0 aliphatic carbocycles. The van der Waals surface area contributed by atoms with Crippen LogP contribution in [0.3, 0.4) is 0 Å². The van der Waals surface area contributed by atoms with Crippen LogP contribution in [0.1, 0.15) is 30.7 Å². The molecule has 1 aliphatic rings. The molecule has 1 unspecified atom stereocenters. The van der Waals surface area contributed by atoms with Crippen LogP contribution in [-0.4, -0.2) is 83.7 Å². The summed E-state index contributed by atoms with van der Waals surface area (Å²) in [6.45, 7) is 9.80. The predicted molar refractivity (Wildman–Crippen MR) is 151 cm³/mol. The lowest BCUT2D eigenvalue weighted by Crippen LogP contribution is -2.47. The molecule has 3 rings (SSSR count). The van der Waals surface area contributed by atoms with Crippen LogP contribution >= 0.6 is 9.24 Å². The largest absolute Gasteiger partial charge is 0.490 e. The lowest BCUT2D eigenvalue weighted by molar-refractivity contribution is -0.127. The lowest BCUT2D eigenvalue weighted by atomic mass is 10.1. The third kappa shape index (κ3) is 10.2. The Hall–Kier alpha value is -2.84. The van der Waals surface area contributed by atoms with Crippen LogP contribution in [0.25, 0.3) is 6.08 Å². The summed E-state index contributed by atoms with van der Waals surface area (Å²) in [6.07, 6.45) is 6.19. The molecule has 2 N–H and O–H groups in total. The van der Waals surface area contributed by atoms with E-state index in [-0.39, 0.29) is 5.91 Å². The van der Waals surface area contributed by atoms with Gasteiger partial charge in [0.2, 0.25) is 5.91 Å².